The Bertz CT molecular complexity index is 743. The van der Waals surface area contributed by atoms with Gasteiger partial charge in [-0.15, -0.1) is 11.3 Å². The molecule has 6 heteroatoms. The average Bonchev–Trinajstić information content (AvgIpc) is 3.04. The van der Waals surface area contributed by atoms with Crippen LogP contribution in [-0.2, 0) is 9.53 Å². The zero-order valence-corrected chi connectivity index (χ0v) is 14.8. The smallest absolute Gasteiger partial charge is 0.338 e. The fourth-order valence-electron chi connectivity index (χ4n) is 3.23. The van der Waals surface area contributed by atoms with Crippen LogP contribution < -0.4 is 5.32 Å². The molecule has 1 amide bonds. The first-order chi connectivity index (χ1) is 11.5. The lowest BCUT2D eigenvalue weighted by atomic mass is 9.78. The third-order valence-electron chi connectivity index (χ3n) is 4.95. The van der Waals surface area contributed by atoms with Crippen LogP contribution in [0.3, 0.4) is 0 Å². The van der Waals surface area contributed by atoms with Crippen molar-refractivity contribution < 1.29 is 14.3 Å². The Morgan fingerprint density at radius 2 is 2.17 bits per heavy atom. The van der Waals surface area contributed by atoms with Gasteiger partial charge in [0.15, 0.2) is 6.61 Å². The predicted molar refractivity (Wildman–Crippen MR) is 94.0 cm³/mol. The van der Waals surface area contributed by atoms with E-state index in [-0.39, 0.29) is 18.6 Å². The van der Waals surface area contributed by atoms with Crippen molar-refractivity contribution in [2.24, 2.45) is 11.8 Å². The van der Waals surface area contributed by atoms with E-state index in [9.17, 15) is 9.59 Å². The number of carbonyl (C=O) groups excluding carboxylic acids is 2. The summed E-state index contributed by atoms with van der Waals surface area (Å²) in [7, 11) is 0. The van der Waals surface area contributed by atoms with Crippen LogP contribution >= 0.6 is 11.3 Å². The Morgan fingerprint density at radius 1 is 1.33 bits per heavy atom. The minimum absolute atomic E-state index is 0.175. The van der Waals surface area contributed by atoms with Gasteiger partial charge in [-0.05, 0) is 36.5 Å². The molecule has 0 aliphatic heterocycles. The Hall–Kier alpha value is -1.95. The number of hydrogen-bond acceptors (Lipinski definition) is 5. The molecule has 5 nitrogen and oxygen atoms in total. The first kappa shape index (κ1) is 16.9. The van der Waals surface area contributed by atoms with Crippen LogP contribution in [0.4, 0.5) is 0 Å². The molecule has 1 heterocycles. The second kappa shape index (κ2) is 7.30. The van der Waals surface area contributed by atoms with Crippen LogP contribution in [0.25, 0.3) is 10.2 Å². The van der Waals surface area contributed by atoms with Crippen LogP contribution in [0, 0.1) is 11.8 Å². The van der Waals surface area contributed by atoms with E-state index < -0.39 is 5.97 Å². The van der Waals surface area contributed by atoms with Crippen molar-refractivity contribution in [2.75, 3.05) is 6.61 Å². The number of fused-ring (bicyclic) bond motifs is 1. The molecule has 0 unspecified atom stereocenters. The predicted octanol–water partition coefficient (Wildman–Crippen LogP) is 3.39. The number of esters is 1. The summed E-state index contributed by atoms with van der Waals surface area (Å²) in [6.07, 6.45) is 3.33. The third kappa shape index (κ3) is 3.75. The fraction of sp³-hybridized carbons (Fsp3) is 0.500. The van der Waals surface area contributed by atoms with E-state index in [1.54, 1.807) is 23.7 Å². The van der Waals surface area contributed by atoms with Gasteiger partial charge in [-0.3, -0.25) is 4.79 Å². The molecule has 3 rings (SSSR count). The van der Waals surface area contributed by atoms with Crippen molar-refractivity contribution >= 4 is 33.4 Å². The van der Waals surface area contributed by atoms with Crippen molar-refractivity contribution in [3.8, 4) is 0 Å². The van der Waals surface area contributed by atoms with E-state index >= 15 is 0 Å². The van der Waals surface area contributed by atoms with E-state index in [1.807, 2.05) is 0 Å². The number of ether oxygens (including phenoxy) is 1. The zero-order valence-electron chi connectivity index (χ0n) is 14.0. The Kier molecular flexibility index (Phi) is 5.14. The number of nitrogens with zero attached hydrogens (tertiary/aromatic N) is 1. The maximum atomic E-state index is 12.1. The number of nitrogens with one attached hydrogen (secondary N) is 1. The van der Waals surface area contributed by atoms with Crippen LogP contribution in [0.5, 0.6) is 0 Å². The molecule has 2 aromatic rings. The summed E-state index contributed by atoms with van der Waals surface area (Å²) in [4.78, 5) is 28.4. The molecule has 3 atom stereocenters. The van der Waals surface area contributed by atoms with Crippen molar-refractivity contribution in [3.05, 3.63) is 29.3 Å². The number of carbonyl (C=O) groups is 2. The van der Waals surface area contributed by atoms with Crippen molar-refractivity contribution in [3.63, 3.8) is 0 Å². The molecule has 0 radical (unpaired) electrons. The molecular weight excluding hydrogens is 324 g/mol. The molecule has 1 aromatic heterocycles. The number of hydrogen-bond donors (Lipinski definition) is 1. The van der Waals surface area contributed by atoms with Gasteiger partial charge in [0.2, 0.25) is 0 Å². The highest BCUT2D eigenvalue weighted by molar-refractivity contribution is 7.16. The van der Waals surface area contributed by atoms with Gasteiger partial charge >= 0.3 is 5.97 Å². The Morgan fingerprint density at radius 3 is 3.00 bits per heavy atom. The monoisotopic (exact) mass is 346 g/mol. The van der Waals surface area contributed by atoms with E-state index in [4.69, 9.17) is 4.74 Å². The van der Waals surface area contributed by atoms with Crippen LogP contribution in [-0.4, -0.2) is 29.5 Å². The molecule has 1 N–H and O–H groups in total. The molecule has 0 spiro atoms. The second-order valence-corrected chi connectivity index (χ2v) is 7.44. The van der Waals surface area contributed by atoms with E-state index in [1.165, 1.54) is 17.8 Å². The topological polar surface area (TPSA) is 68.3 Å². The van der Waals surface area contributed by atoms with Crippen molar-refractivity contribution in [1.29, 1.82) is 0 Å². The standard InChI is InChI=1S/C18H22N2O3S/c1-11-4-3-5-14(12(11)2)20-17(21)9-23-18(22)13-6-7-15-16(8-13)24-10-19-15/h6-8,10-12,14H,3-5,9H2,1-2H3,(H,20,21)/t11-,12+,14+/m1/s1. The lowest BCUT2D eigenvalue weighted by molar-refractivity contribution is -0.125. The highest BCUT2D eigenvalue weighted by Gasteiger charge is 2.28. The molecule has 1 fully saturated rings. The number of thiazole rings is 1. The molecule has 1 saturated carbocycles. The molecule has 128 valence electrons. The molecule has 1 aliphatic carbocycles. The van der Waals surface area contributed by atoms with Gasteiger partial charge in [-0.25, -0.2) is 9.78 Å². The van der Waals surface area contributed by atoms with Gasteiger partial charge in [0.1, 0.15) is 0 Å². The summed E-state index contributed by atoms with van der Waals surface area (Å²) in [5.74, 6) is 0.351. The summed E-state index contributed by atoms with van der Waals surface area (Å²) in [6, 6.07) is 5.38. The first-order valence-corrected chi connectivity index (χ1v) is 9.22. The number of rotatable bonds is 4. The third-order valence-corrected chi connectivity index (χ3v) is 5.75. The van der Waals surface area contributed by atoms with Gasteiger partial charge in [0, 0.05) is 6.04 Å². The van der Waals surface area contributed by atoms with Crippen molar-refractivity contribution in [1.82, 2.24) is 10.3 Å². The first-order valence-electron chi connectivity index (χ1n) is 8.34. The van der Waals surface area contributed by atoms with Crippen molar-refractivity contribution in [2.45, 2.75) is 39.2 Å². The Balaban J connectivity index is 1.52. The lowest BCUT2D eigenvalue weighted by Crippen LogP contribution is -2.45. The van der Waals surface area contributed by atoms with E-state index in [0.29, 0.717) is 17.4 Å². The highest BCUT2D eigenvalue weighted by atomic mass is 32.1. The SMILES string of the molecule is C[C@H]1[C@H](C)CCC[C@@H]1NC(=O)COC(=O)c1ccc2ncsc2c1. The van der Waals surface area contributed by atoms with Gasteiger partial charge in [0.25, 0.3) is 5.91 Å². The maximum absolute atomic E-state index is 12.1. The summed E-state index contributed by atoms with van der Waals surface area (Å²) < 4.78 is 6.08. The van der Waals surface area contributed by atoms with Crippen LogP contribution in [0.2, 0.25) is 0 Å². The molecule has 24 heavy (non-hydrogen) atoms. The second-order valence-electron chi connectivity index (χ2n) is 6.55. The summed E-state index contributed by atoms with van der Waals surface area (Å²) in [5, 5.41) is 3.01. The van der Waals surface area contributed by atoms with E-state index in [2.05, 4.69) is 24.1 Å². The summed E-state index contributed by atoms with van der Waals surface area (Å²) >= 11 is 1.47. The van der Waals surface area contributed by atoms with Gasteiger partial charge < -0.3 is 10.1 Å². The summed E-state index contributed by atoms with van der Waals surface area (Å²) in [6.45, 7) is 4.15. The minimum Gasteiger partial charge on any atom is -0.452 e. The minimum atomic E-state index is -0.481. The number of benzene rings is 1. The highest BCUT2D eigenvalue weighted by Crippen LogP contribution is 2.29. The normalized spacial score (nSPS) is 23.8. The quantitative estimate of drug-likeness (QED) is 0.862. The lowest BCUT2D eigenvalue weighted by Gasteiger charge is -2.34. The van der Waals surface area contributed by atoms with E-state index in [0.717, 1.165) is 23.1 Å². The van der Waals surface area contributed by atoms with Gasteiger partial charge in [-0.2, -0.15) is 0 Å². The molecule has 0 saturated heterocycles. The molecule has 1 aromatic carbocycles. The fourth-order valence-corrected chi connectivity index (χ4v) is 3.95. The maximum Gasteiger partial charge on any atom is 0.338 e. The van der Waals surface area contributed by atoms with Crippen LogP contribution in [0.15, 0.2) is 23.7 Å². The average molecular weight is 346 g/mol. The number of amides is 1. The van der Waals surface area contributed by atoms with Gasteiger partial charge in [-0.1, -0.05) is 26.7 Å². The molecule has 0 bridgehead atoms. The van der Waals surface area contributed by atoms with Gasteiger partial charge in [0.05, 0.1) is 21.3 Å². The Labute approximate surface area is 145 Å². The zero-order chi connectivity index (χ0) is 17.1. The molecular formula is C18H22N2O3S. The largest absolute Gasteiger partial charge is 0.452 e. The number of aromatic nitrogens is 1. The molecule has 1 aliphatic rings. The summed E-state index contributed by atoms with van der Waals surface area (Å²) in [5.41, 5.74) is 3.04. The van der Waals surface area contributed by atoms with Crippen LogP contribution in [0.1, 0.15) is 43.5 Å².